The SMILES string of the molecule is O=C(C1CC(=O)N(c2cccc(Br)c2)C1)N1CCN(c2ccc(-c3ccc4c(c3)OCO4)nn2)CC1. The van der Waals surface area contributed by atoms with Crippen LogP contribution in [0.1, 0.15) is 6.42 Å². The van der Waals surface area contributed by atoms with Crippen molar-refractivity contribution in [2.75, 3.05) is 49.3 Å². The highest BCUT2D eigenvalue weighted by molar-refractivity contribution is 9.10. The Morgan fingerprint density at radius 2 is 1.78 bits per heavy atom. The maximum Gasteiger partial charge on any atom is 0.231 e. The second-order valence-corrected chi connectivity index (χ2v) is 9.96. The van der Waals surface area contributed by atoms with Crippen LogP contribution < -0.4 is 19.3 Å². The Hall–Kier alpha value is -3.66. The van der Waals surface area contributed by atoms with Crippen LogP contribution in [0, 0.1) is 5.92 Å². The lowest BCUT2D eigenvalue weighted by Gasteiger charge is -2.36. The number of halogens is 1. The van der Waals surface area contributed by atoms with E-state index in [-0.39, 0.29) is 30.9 Å². The number of carbonyl (C=O) groups excluding carboxylic acids is 2. The third-order valence-corrected chi connectivity index (χ3v) is 7.32. The standard InChI is InChI=1S/C26H24BrN5O4/c27-19-2-1-3-20(14-19)32-15-18(13-25(32)33)26(34)31-10-8-30(9-11-31)24-7-5-21(28-29-24)17-4-6-22-23(12-17)36-16-35-22/h1-7,12,14,18H,8-11,13,15-16H2. The van der Waals surface area contributed by atoms with Gasteiger partial charge in [-0.15, -0.1) is 10.2 Å². The normalized spacial score (nSPS) is 19.2. The van der Waals surface area contributed by atoms with Gasteiger partial charge in [0.15, 0.2) is 17.3 Å². The van der Waals surface area contributed by atoms with Crippen molar-refractivity contribution < 1.29 is 19.1 Å². The molecule has 2 aromatic carbocycles. The predicted molar refractivity (Wildman–Crippen MR) is 137 cm³/mol. The lowest BCUT2D eigenvalue weighted by molar-refractivity contribution is -0.136. The van der Waals surface area contributed by atoms with Gasteiger partial charge in [-0.25, -0.2) is 0 Å². The number of benzene rings is 2. The number of hydrogen-bond acceptors (Lipinski definition) is 7. The van der Waals surface area contributed by atoms with E-state index in [1.165, 1.54) is 0 Å². The summed E-state index contributed by atoms with van der Waals surface area (Å²) in [6.07, 6.45) is 0.248. The highest BCUT2D eigenvalue weighted by Gasteiger charge is 2.38. The van der Waals surface area contributed by atoms with Crippen LogP contribution in [0.15, 0.2) is 59.1 Å². The van der Waals surface area contributed by atoms with Crippen LogP contribution in [0.25, 0.3) is 11.3 Å². The number of amides is 2. The molecule has 0 spiro atoms. The molecule has 0 N–H and O–H groups in total. The molecular weight excluding hydrogens is 526 g/mol. The lowest BCUT2D eigenvalue weighted by atomic mass is 10.1. The fourth-order valence-corrected chi connectivity index (χ4v) is 5.27. The van der Waals surface area contributed by atoms with Crippen LogP contribution in [0.3, 0.4) is 0 Å². The zero-order chi connectivity index (χ0) is 24.6. The summed E-state index contributed by atoms with van der Waals surface area (Å²) in [5.41, 5.74) is 2.49. The average Bonchev–Trinajstić information content (AvgIpc) is 3.54. The third kappa shape index (κ3) is 4.37. The Labute approximate surface area is 216 Å². The molecule has 4 heterocycles. The molecule has 0 radical (unpaired) electrons. The van der Waals surface area contributed by atoms with Gasteiger partial charge in [-0.2, -0.15) is 0 Å². The summed E-state index contributed by atoms with van der Waals surface area (Å²) < 4.78 is 11.7. The number of ether oxygens (including phenoxy) is 2. The van der Waals surface area contributed by atoms with Gasteiger partial charge in [-0.05, 0) is 48.5 Å². The number of hydrogen-bond donors (Lipinski definition) is 0. The Balaban J connectivity index is 1.06. The van der Waals surface area contributed by atoms with E-state index in [1.807, 2.05) is 59.5 Å². The van der Waals surface area contributed by atoms with Crippen molar-refractivity contribution in [3.63, 3.8) is 0 Å². The van der Waals surface area contributed by atoms with Gasteiger partial charge in [-0.3, -0.25) is 9.59 Å². The van der Waals surface area contributed by atoms with Crippen molar-refractivity contribution in [2.45, 2.75) is 6.42 Å². The number of fused-ring (bicyclic) bond motifs is 1. The predicted octanol–water partition coefficient (Wildman–Crippen LogP) is 3.34. The van der Waals surface area contributed by atoms with Crippen molar-refractivity contribution in [1.82, 2.24) is 15.1 Å². The second kappa shape index (κ2) is 9.42. The van der Waals surface area contributed by atoms with E-state index in [0.29, 0.717) is 38.5 Å². The van der Waals surface area contributed by atoms with E-state index < -0.39 is 0 Å². The number of rotatable bonds is 4. The van der Waals surface area contributed by atoms with E-state index >= 15 is 0 Å². The van der Waals surface area contributed by atoms with Crippen molar-refractivity contribution in [3.05, 3.63) is 59.1 Å². The summed E-state index contributed by atoms with van der Waals surface area (Å²) in [4.78, 5) is 31.5. The first-order valence-electron chi connectivity index (χ1n) is 11.9. The Kier molecular flexibility index (Phi) is 5.96. The Bertz CT molecular complexity index is 1310. The van der Waals surface area contributed by atoms with E-state index in [2.05, 4.69) is 31.0 Å². The van der Waals surface area contributed by atoms with Crippen molar-refractivity contribution in [2.24, 2.45) is 5.92 Å². The van der Waals surface area contributed by atoms with E-state index in [9.17, 15) is 9.59 Å². The molecule has 1 unspecified atom stereocenters. The van der Waals surface area contributed by atoms with E-state index in [4.69, 9.17) is 9.47 Å². The lowest BCUT2D eigenvalue weighted by Crippen LogP contribution is -2.51. The first kappa shape index (κ1) is 22.8. The molecule has 1 atom stereocenters. The van der Waals surface area contributed by atoms with Gasteiger partial charge in [0.25, 0.3) is 0 Å². The zero-order valence-electron chi connectivity index (χ0n) is 19.5. The molecule has 3 aliphatic rings. The van der Waals surface area contributed by atoms with Crippen molar-refractivity contribution >= 4 is 39.2 Å². The molecule has 0 saturated carbocycles. The number of piperazine rings is 1. The summed E-state index contributed by atoms with van der Waals surface area (Å²) in [6.45, 7) is 3.16. The van der Waals surface area contributed by atoms with Gasteiger partial charge in [0.1, 0.15) is 0 Å². The summed E-state index contributed by atoms with van der Waals surface area (Å²) in [7, 11) is 0. The average molecular weight is 550 g/mol. The quantitative estimate of drug-likeness (QED) is 0.493. The molecule has 2 amide bonds. The highest BCUT2D eigenvalue weighted by Crippen LogP contribution is 2.35. The minimum absolute atomic E-state index is 0.0112. The van der Waals surface area contributed by atoms with Crippen LogP contribution in [0.4, 0.5) is 11.5 Å². The van der Waals surface area contributed by atoms with Crippen molar-refractivity contribution in [1.29, 1.82) is 0 Å². The maximum absolute atomic E-state index is 13.2. The van der Waals surface area contributed by atoms with Gasteiger partial charge < -0.3 is 24.2 Å². The molecule has 184 valence electrons. The Morgan fingerprint density at radius 1 is 0.944 bits per heavy atom. The smallest absolute Gasteiger partial charge is 0.231 e. The number of anilines is 2. The molecule has 36 heavy (non-hydrogen) atoms. The molecule has 3 aromatic rings. The van der Waals surface area contributed by atoms with Gasteiger partial charge >= 0.3 is 0 Å². The molecule has 6 rings (SSSR count). The molecule has 2 fully saturated rings. The third-order valence-electron chi connectivity index (χ3n) is 6.83. The molecule has 3 aliphatic heterocycles. The number of carbonyl (C=O) groups is 2. The van der Waals surface area contributed by atoms with Gasteiger partial charge in [0.2, 0.25) is 18.6 Å². The molecule has 9 nitrogen and oxygen atoms in total. The van der Waals surface area contributed by atoms with Crippen LogP contribution in [0.5, 0.6) is 11.5 Å². The van der Waals surface area contributed by atoms with Gasteiger partial charge in [0, 0.05) is 54.9 Å². The van der Waals surface area contributed by atoms with Gasteiger partial charge in [0.05, 0.1) is 11.6 Å². The molecule has 2 saturated heterocycles. The molecule has 0 aliphatic carbocycles. The summed E-state index contributed by atoms with van der Waals surface area (Å²) in [5.74, 6) is 1.95. The maximum atomic E-state index is 13.2. The fourth-order valence-electron chi connectivity index (χ4n) is 4.88. The fraction of sp³-hybridized carbons (Fsp3) is 0.308. The summed E-state index contributed by atoms with van der Waals surface area (Å²) in [5, 5.41) is 8.83. The number of nitrogens with zero attached hydrogens (tertiary/aromatic N) is 5. The minimum atomic E-state index is -0.316. The second-order valence-electron chi connectivity index (χ2n) is 9.04. The minimum Gasteiger partial charge on any atom is -0.454 e. The highest BCUT2D eigenvalue weighted by atomic mass is 79.9. The van der Waals surface area contributed by atoms with Crippen molar-refractivity contribution in [3.8, 4) is 22.8 Å². The molecule has 10 heteroatoms. The largest absolute Gasteiger partial charge is 0.454 e. The van der Waals surface area contributed by atoms with E-state index in [0.717, 1.165) is 33.0 Å². The first-order valence-corrected chi connectivity index (χ1v) is 12.7. The zero-order valence-corrected chi connectivity index (χ0v) is 21.1. The summed E-state index contributed by atoms with van der Waals surface area (Å²) >= 11 is 3.45. The molecule has 0 bridgehead atoms. The Morgan fingerprint density at radius 3 is 2.56 bits per heavy atom. The van der Waals surface area contributed by atoms with Gasteiger partial charge in [-0.1, -0.05) is 22.0 Å². The number of aromatic nitrogens is 2. The monoisotopic (exact) mass is 549 g/mol. The topological polar surface area (TPSA) is 88.1 Å². The molecule has 1 aromatic heterocycles. The molecular formula is C26H24BrN5O4. The summed E-state index contributed by atoms with van der Waals surface area (Å²) in [6, 6.07) is 17.2. The van der Waals surface area contributed by atoms with E-state index in [1.54, 1.807) is 4.90 Å². The van der Waals surface area contributed by atoms with Crippen LogP contribution in [-0.4, -0.2) is 66.4 Å². The van der Waals surface area contributed by atoms with Crippen LogP contribution in [-0.2, 0) is 9.59 Å². The first-order chi connectivity index (χ1) is 17.5. The van der Waals surface area contributed by atoms with Crippen LogP contribution in [0.2, 0.25) is 0 Å². The van der Waals surface area contributed by atoms with Crippen LogP contribution >= 0.6 is 15.9 Å².